The van der Waals surface area contributed by atoms with Crippen molar-refractivity contribution >= 4 is 17.9 Å². The summed E-state index contributed by atoms with van der Waals surface area (Å²) in [7, 11) is 0. The van der Waals surface area contributed by atoms with Gasteiger partial charge in [0, 0.05) is 19.3 Å². The summed E-state index contributed by atoms with van der Waals surface area (Å²) >= 11 is 0. The predicted octanol–water partition coefficient (Wildman–Crippen LogP) is 21.8. The number of esters is 3. The van der Waals surface area contributed by atoms with Crippen LogP contribution in [-0.4, -0.2) is 37.2 Å². The zero-order valence-electron chi connectivity index (χ0n) is 49.7. The van der Waals surface area contributed by atoms with E-state index in [1.165, 1.54) is 122 Å². The first-order chi connectivity index (χ1) is 37.5. The fourth-order valence-corrected chi connectivity index (χ4v) is 8.75. The molecule has 0 aromatic rings. The van der Waals surface area contributed by atoms with Crippen molar-refractivity contribution in [2.24, 2.45) is 0 Å². The van der Waals surface area contributed by atoms with Crippen LogP contribution in [-0.2, 0) is 28.6 Å². The van der Waals surface area contributed by atoms with Gasteiger partial charge in [0.15, 0.2) is 6.10 Å². The highest BCUT2D eigenvalue weighted by atomic mass is 16.6. The van der Waals surface area contributed by atoms with Crippen LogP contribution >= 0.6 is 0 Å². The quantitative estimate of drug-likeness (QED) is 0.0261. The first-order valence-corrected chi connectivity index (χ1v) is 31.9. The molecule has 1 unspecified atom stereocenters. The minimum absolute atomic E-state index is 0.0840. The van der Waals surface area contributed by atoms with Gasteiger partial charge in [-0.3, -0.25) is 14.4 Å². The van der Waals surface area contributed by atoms with Gasteiger partial charge in [-0.2, -0.15) is 0 Å². The highest BCUT2D eigenvalue weighted by Gasteiger charge is 2.19. The Labute approximate surface area is 470 Å². The molecule has 0 N–H and O–H groups in total. The molecule has 0 aliphatic heterocycles. The van der Waals surface area contributed by atoms with Crippen LogP contribution in [0.2, 0.25) is 0 Å². The minimum atomic E-state index is -0.788. The number of unbranched alkanes of at least 4 members (excludes halogenated alkanes) is 28. The standard InChI is InChI=1S/C70H118O6/c1-4-7-10-13-16-19-22-24-26-28-29-30-31-32-33-34-35-36-37-38-39-40-41-42-44-45-48-51-54-57-60-63-69(72)75-66-67(65-74-68(71)62-59-56-53-50-47-21-18-15-12-9-6-3)76-70(73)64-61-58-55-52-49-46-43-27-25-23-20-17-14-11-8-5-2/h7,10,16,19,24,26-27,29-30,32-33,35-36,38-39,41-43,67H,4-6,8-9,11-15,17-18,20-23,25,28,31,34,37,40,44-66H2,1-3H3/b10-7-,19-16-,26-24-,30-29-,33-32-,36-35-,39-38-,42-41-,43-27-. The van der Waals surface area contributed by atoms with Gasteiger partial charge >= 0.3 is 17.9 Å². The summed E-state index contributed by atoms with van der Waals surface area (Å²) in [4.78, 5) is 38.2. The first kappa shape index (κ1) is 72.1. The number of carbonyl (C=O) groups is 3. The Kier molecular flexibility index (Phi) is 60.3. The van der Waals surface area contributed by atoms with Crippen molar-refractivity contribution in [2.75, 3.05) is 13.2 Å². The lowest BCUT2D eigenvalue weighted by molar-refractivity contribution is -0.167. The third-order valence-electron chi connectivity index (χ3n) is 13.5. The molecule has 1 atom stereocenters. The van der Waals surface area contributed by atoms with E-state index in [4.69, 9.17) is 14.2 Å². The summed E-state index contributed by atoms with van der Waals surface area (Å²) in [6.07, 6.45) is 86.6. The number of hydrogen-bond acceptors (Lipinski definition) is 6. The molecule has 76 heavy (non-hydrogen) atoms. The zero-order chi connectivity index (χ0) is 55.0. The Bertz CT molecular complexity index is 1540. The maximum atomic E-state index is 12.9. The fraction of sp³-hybridized carbons (Fsp3) is 0.700. The molecule has 0 aromatic heterocycles. The molecule has 0 aliphatic carbocycles. The summed E-state index contributed by atoms with van der Waals surface area (Å²) < 4.78 is 16.9. The Morgan fingerprint density at radius 1 is 0.276 bits per heavy atom. The molecular formula is C70H118O6. The van der Waals surface area contributed by atoms with Gasteiger partial charge in [0.25, 0.3) is 0 Å². The number of hydrogen-bond donors (Lipinski definition) is 0. The lowest BCUT2D eigenvalue weighted by atomic mass is 10.1. The molecule has 0 bridgehead atoms. The highest BCUT2D eigenvalue weighted by molar-refractivity contribution is 5.71. The Balaban J connectivity index is 4.29. The van der Waals surface area contributed by atoms with Gasteiger partial charge in [-0.1, -0.05) is 278 Å². The van der Waals surface area contributed by atoms with Gasteiger partial charge < -0.3 is 14.2 Å². The van der Waals surface area contributed by atoms with E-state index < -0.39 is 6.10 Å². The van der Waals surface area contributed by atoms with E-state index in [9.17, 15) is 14.4 Å². The SMILES string of the molecule is CC/C=C\C/C=C\C/C=C\C/C=C\C/C=C\C/C=C\C/C=C\C/C=C\CCCCCCCCC(=O)OCC(COC(=O)CCCCCCCCCCCCC)OC(=O)CCCCCCC/C=C\CCCCCCCCC. The van der Waals surface area contributed by atoms with Crippen LogP contribution in [0.15, 0.2) is 109 Å². The molecule has 0 spiro atoms. The molecular weight excluding hydrogens is 937 g/mol. The topological polar surface area (TPSA) is 78.9 Å². The Morgan fingerprint density at radius 3 is 0.816 bits per heavy atom. The van der Waals surface area contributed by atoms with E-state index in [2.05, 4.69) is 130 Å². The van der Waals surface area contributed by atoms with Crippen LogP contribution in [0.5, 0.6) is 0 Å². The third kappa shape index (κ3) is 60.9. The van der Waals surface area contributed by atoms with Crippen molar-refractivity contribution in [1.29, 1.82) is 0 Å². The second-order valence-corrected chi connectivity index (χ2v) is 20.9. The van der Waals surface area contributed by atoms with Crippen molar-refractivity contribution in [3.63, 3.8) is 0 Å². The molecule has 0 saturated carbocycles. The molecule has 0 aliphatic rings. The molecule has 0 aromatic carbocycles. The molecule has 0 fully saturated rings. The molecule has 6 nitrogen and oxygen atoms in total. The summed E-state index contributed by atoms with van der Waals surface area (Å²) in [5.74, 6) is -0.902. The minimum Gasteiger partial charge on any atom is -0.462 e. The van der Waals surface area contributed by atoms with Crippen molar-refractivity contribution < 1.29 is 28.6 Å². The fourth-order valence-electron chi connectivity index (χ4n) is 8.75. The molecule has 434 valence electrons. The lowest BCUT2D eigenvalue weighted by Gasteiger charge is -2.18. The molecule has 0 heterocycles. The predicted molar refractivity (Wildman–Crippen MR) is 330 cm³/mol. The van der Waals surface area contributed by atoms with Gasteiger partial charge in [-0.15, -0.1) is 0 Å². The van der Waals surface area contributed by atoms with Crippen LogP contribution < -0.4 is 0 Å². The van der Waals surface area contributed by atoms with E-state index >= 15 is 0 Å². The van der Waals surface area contributed by atoms with Crippen molar-refractivity contribution in [2.45, 2.75) is 303 Å². The first-order valence-electron chi connectivity index (χ1n) is 31.9. The third-order valence-corrected chi connectivity index (χ3v) is 13.5. The second kappa shape index (κ2) is 63.6. The summed E-state index contributed by atoms with van der Waals surface area (Å²) in [6, 6.07) is 0. The van der Waals surface area contributed by atoms with E-state index in [1.54, 1.807) is 0 Å². The number of ether oxygens (including phenoxy) is 3. The van der Waals surface area contributed by atoms with Crippen molar-refractivity contribution in [1.82, 2.24) is 0 Å². The van der Waals surface area contributed by atoms with Gasteiger partial charge in [0.05, 0.1) is 0 Å². The summed E-state index contributed by atoms with van der Waals surface area (Å²) in [5, 5.41) is 0. The molecule has 6 heteroatoms. The largest absolute Gasteiger partial charge is 0.462 e. The molecule has 0 radical (unpaired) electrons. The van der Waals surface area contributed by atoms with Gasteiger partial charge in [-0.25, -0.2) is 0 Å². The molecule has 0 rings (SSSR count). The van der Waals surface area contributed by atoms with E-state index in [0.29, 0.717) is 19.3 Å². The van der Waals surface area contributed by atoms with E-state index in [0.717, 1.165) is 135 Å². The maximum Gasteiger partial charge on any atom is 0.306 e. The van der Waals surface area contributed by atoms with Crippen LogP contribution in [0.25, 0.3) is 0 Å². The number of allylic oxidation sites excluding steroid dienone is 18. The highest BCUT2D eigenvalue weighted by Crippen LogP contribution is 2.15. The zero-order valence-corrected chi connectivity index (χ0v) is 49.7. The summed E-state index contributed by atoms with van der Waals surface area (Å²) in [6.45, 7) is 6.51. The van der Waals surface area contributed by atoms with E-state index in [1.807, 2.05) is 0 Å². The van der Waals surface area contributed by atoms with Crippen LogP contribution in [0.4, 0.5) is 0 Å². The lowest BCUT2D eigenvalue weighted by Crippen LogP contribution is -2.30. The van der Waals surface area contributed by atoms with Crippen LogP contribution in [0.1, 0.15) is 297 Å². The van der Waals surface area contributed by atoms with Gasteiger partial charge in [0.2, 0.25) is 0 Å². The molecule has 0 amide bonds. The molecule has 0 saturated heterocycles. The average molecular weight is 1060 g/mol. The van der Waals surface area contributed by atoms with E-state index in [-0.39, 0.29) is 31.1 Å². The van der Waals surface area contributed by atoms with Crippen molar-refractivity contribution in [3.8, 4) is 0 Å². The maximum absolute atomic E-state index is 12.9. The van der Waals surface area contributed by atoms with Crippen LogP contribution in [0, 0.1) is 0 Å². The van der Waals surface area contributed by atoms with Crippen molar-refractivity contribution in [3.05, 3.63) is 109 Å². The number of rotatable bonds is 57. The second-order valence-electron chi connectivity index (χ2n) is 20.9. The Morgan fingerprint density at radius 2 is 0.513 bits per heavy atom. The smallest absolute Gasteiger partial charge is 0.306 e. The number of carbonyl (C=O) groups excluding carboxylic acids is 3. The van der Waals surface area contributed by atoms with Gasteiger partial charge in [0.1, 0.15) is 13.2 Å². The Hall–Kier alpha value is -3.93. The monoisotopic (exact) mass is 1050 g/mol. The summed E-state index contributed by atoms with van der Waals surface area (Å²) in [5.41, 5.74) is 0. The average Bonchev–Trinajstić information content (AvgIpc) is 3.42. The van der Waals surface area contributed by atoms with Gasteiger partial charge in [-0.05, 0) is 109 Å². The normalized spacial score (nSPS) is 12.8. The van der Waals surface area contributed by atoms with Crippen LogP contribution in [0.3, 0.4) is 0 Å².